The van der Waals surface area contributed by atoms with Crippen molar-refractivity contribution in [2.75, 3.05) is 0 Å². The maximum Gasteiger partial charge on any atom is 0.0895 e. The van der Waals surface area contributed by atoms with E-state index in [1.165, 1.54) is 0 Å². The minimum Gasteiger partial charge on any atom is -0.252 e. The molecule has 2 rings (SSSR count). The van der Waals surface area contributed by atoms with Gasteiger partial charge in [0.1, 0.15) is 0 Å². The van der Waals surface area contributed by atoms with Crippen LogP contribution in [0.2, 0.25) is 10.0 Å². The van der Waals surface area contributed by atoms with E-state index in [-0.39, 0.29) is 0 Å². The third-order valence-corrected chi connectivity index (χ3v) is 3.06. The van der Waals surface area contributed by atoms with E-state index < -0.39 is 0 Å². The SMILES string of the molecule is Cc1cc(CS)c2cc(Cl)cc(Cl)c2n1. The summed E-state index contributed by atoms with van der Waals surface area (Å²) in [6, 6.07) is 5.59. The standard InChI is InChI=1S/C11H9Cl2NS/c1-6-2-7(5-15)9-3-8(12)4-10(13)11(9)14-6/h2-4,15H,5H2,1H3. The topological polar surface area (TPSA) is 12.9 Å². The summed E-state index contributed by atoms with van der Waals surface area (Å²) in [5, 5.41) is 2.19. The zero-order valence-electron chi connectivity index (χ0n) is 8.09. The summed E-state index contributed by atoms with van der Waals surface area (Å²) in [7, 11) is 0. The van der Waals surface area contributed by atoms with Crippen LogP contribution in [0.15, 0.2) is 18.2 Å². The third kappa shape index (κ3) is 2.07. The Morgan fingerprint density at radius 1 is 1.27 bits per heavy atom. The van der Waals surface area contributed by atoms with Gasteiger partial charge in [-0.05, 0) is 30.7 Å². The molecule has 1 heterocycles. The molecule has 0 saturated heterocycles. The molecule has 0 unspecified atom stereocenters. The summed E-state index contributed by atoms with van der Waals surface area (Å²) < 4.78 is 0. The summed E-state index contributed by atoms with van der Waals surface area (Å²) in [5.74, 6) is 0.649. The Balaban J connectivity index is 2.89. The Bertz CT molecular complexity index is 525. The van der Waals surface area contributed by atoms with Crippen LogP contribution in [0.4, 0.5) is 0 Å². The zero-order chi connectivity index (χ0) is 11.0. The first kappa shape index (κ1) is 11.1. The first-order valence-corrected chi connectivity index (χ1v) is 5.87. The van der Waals surface area contributed by atoms with Crippen molar-refractivity contribution in [2.24, 2.45) is 0 Å². The van der Waals surface area contributed by atoms with Crippen molar-refractivity contribution >= 4 is 46.7 Å². The number of pyridine rings is 1. The van der Waals surface area contributed by atoms with Crippen molar-refractivity contribution in [1.82, 2.24) is 4.98 Å². The first-order chi connectivity index (χ1) is 7.11. The lowest BCUT2D eigenvalue weighted by Gasteiger charge is -2.07. The maximum atomic E-state index is 6.09. The van der Waals surface area contributed by atoms with E-state index in [0.717, 1.165) is 22.2 Å². The van der Waals surface area contributed by atoms with Crippen LogP contribution in [0.5, 0.6) is 0 Å². The predicted octanol–water partition coefficient (Wildman–Crippen LogP) is 4.28. The van der Waals surface area contributed by atoms with Crippen LogP contribution in [0.25, 0.3) is 10.9 Å². The molecule has 0 radical (unpaired) electrons. The fraction of sp³-hybridized carbons (Fsp3) is 0.182. The van der Waals surface area contributed by atoms with E-state index in [1.54, 1.807) is 6.07 Å². The van der Waals surface area contributed by atoms with E-state index in [9.17, 15) is 0 Å². The van der Waals surface area contributed by atoms with Crippen LogP contribution in [-0.4, -0.2) is 4.98 Å². The smallest absolute Gasteiger partial charge is 0.0895 e. The number of nitrogens with zero attached hydrogens (tertiary/aromatic N) is 1. The lowest BCUT2D eigenvalue weighted by atomic mass is 10.1. The van der Waals surface area contributed by atoms with E-state index in [2.05, 4.69) is 17.6 Å². The number of benzene rings is 1. The number of thiol groups is 1. The Morgan fingerprint density at radius 3 is 2.67 bits per heavy atom. The van der Waals surface area contributed by atoms with Crippen LogP contribution in [0.1, 0.15) is 11.3 Å². The fourth-order valence-corrected chi connectivity index (χ4v) is 2.39. The van der Waals surface area contributed by atoms with Gasteiger partial charge in [-0.15, -0.1) is 0 Å². The Kier molecular flexibility index (Phi) is 3.10. The van der Waals surface area contributed by atoms with Gasteiger partial charge in [-0.25, -0.2) is 0 Å². The lowest BCUT2D eigenvalue weighted by molar-refractivity contribution is 1.23. The summed E-state index contributed by atoms with van der Waals surface area (Å²) >= 11 is 16.3. The van der Waals surface area contributed by atoms with Gasteiger partial charge in [0, 0.05) is 21.9 Å². The van der Waals surface area contributed by atoms with Crippen molar-refractivity contribution in [3.8, 4) is 0 Å². The summed E-state index contributed by atoms with van der Waals surface area (Å²) in [4.78, 5) is 4.40. The highest BCUT2D eigenvalue weighted by Gasteiger charge is 2.07. The molecule has 0 amide bonds. The van der Waals surface area contributed by atoms with Gasteiger partial charge < -0.3 is 0 Å². The van der Waals surface area contributed by atoms with Crippen LogP contribution < -0.4 is 0 Å². The average Bonchev–Trinajstić information content (AvgIpc) is 2.18. The van der Waals surface area contributed by atoms with E-state index >= 15 is 0 Å². The van der Waals surface area contributed by atoms with Crippen molar-refractivity contribution in [3.63, 3.8) is 0 Å². The largest absolute Gasteiger partial charge is 0.252 e. The third-order valence-electron chi connectivity index (χ3n) is 2.22. The molecule has 0 fully saturated rings. The molecule has 0 bridgehead atoms. The second-order valence-corrected chi connectivity index (χ2v) is 4.52. The van der Waals surface area contributed by atoms with Gasteiger partial charge in [-0.2, -0.15) is 12.6 Å². The van der Waals surface area contributed by atoms with Gasteiger partial charge in [0.2, 0.25) is 0 Å². The minimum absolute atomic E-state index is 0.587. The number of hydrogen-bond acceptors (Lipinski definition) is 2. The van der Waals surface area contributed by atoms with Gasteiger partial charge in [0.25, 0.3) is 0 Å². The second-order valence-electron chi connectivity index (χ2n) is 3.36. The van der Waals surface area contributed by atoms with Crippen LogP contribution in [0.3, 0.4) is 0 Å². The van der Waals surface area contributed by atoms with Crippen molar-refractivity contribution < 1.29 is 0 Å². The molecule has 0 saturated carbocycles. The molecule has 78 valence electrons. The van der Waals surface area contributed by atoms with Crippen molar-refractivity contribution in [2.45, 2.75) is 12.7 Å². The highest BCUT2D eigenvalue weighted by molar-refractivity contribution is 7.79. The highest BCUT2D eigenvalue weighted by Crippen LogP contribution is 2.29. The molecule has 0 N–H and O–H groups in total. The molecule has 1 nitrogen and oxygen atoms in total. The van der Waals surface area contributed by atoms with Crippen molar-refractivity contribution in [3.05, 3.63) is 39.5 Å². The number of halogens is 2. The quantitative estimate of drug-likeness (QED) is 0.753. The summed E-state index contributed by atoms with van der Waals surface area (Å²) in [6.45, 7) is 1.94. The van der Waals surface area contributed by atoms with E-state index in [1.807, 2.05) is 19.1 Å². The molecular formula is C11H9Cl2NS. The van der Waals surface area contributed by atoms with Gasteiger partial charge in [-0.3, -0.25) is 4.98 Å². The summed E-state index contributed by atoms with van der Waals surface area (Å²) in [5.41, 5.74) is 2.84. The Hall–Kier alpha value is -0.440. The molecule has 15 heavy (non-hydrogen) atoms. The fourth-order valence-electron chi connectivity index (χ4n) is 1.59. The van der Waals surface area contributed by atoms with Gasteiger partial charge in [-0.1, -0.05) is 23.2 Å². The van der Waals surface area contributed by atoms with E-state index in [4.69, 9.17) is 23.2 Å². The number of aromatic nitrogens is 1. The van der Waals surface area contributed by atoms with Crippen LogP contribution in [-0.2, 0) is 5.75 Å². The first-order valence-electron chi connectivity index (χ1n) is 4.48. The molecule has 1 aromatic heterocycles. The monoisotopic (exact) mass is 257 g/mol. The molecular weight excluding hydrogens is 249 g/mol. The van der Waals surface area contributed by atoms with Gasteiger partial charge in [0.05, 0.1) is 10.5 Å². The molecule has 0 aliphatic rings. The zero-order valence-corrected chi connectivity index (χ0v) is 10.5. The Labute approximate surface area is 104 Å². The number of aryl methyl sites for hydroxylation is 1. The number of hydrogen-bond donors (Lipinski definition) is 1. The van der Waals surface area contributed by atoms with E-state index in [0.29, 0.717) is 15.8 Å². The van der Waals surface area contributed by atoms with Gasteiger partial charge in [0.15, 0.2) is 0 Å². The van der Waals surface area contributed by atoms with Gasteiger partial charge >= 0.3 is 0 Å². The average molecular weight is 258 g/mol. The lowest BCUT2D eigenvalue weighted by Crippen LogP contribution is -1.90. The van der Waals surface area contributed by atoms with Crippen LogP contribution in [0, 0.1) is 6.92 Å². The molecule has 0 aliphatic carbocycles. The molecule has 4 heteroatoms. The summed E-state index contributed by atoms with van der Waals surface area (Å²) in [6.07, 6.45) is 0. The normalized spacial score (nSPS) is 10.9. The van der Waals surface area contributed by atoms with Crippen molar-refractivity contribution in [1.29, 1.82) is 0 Å². The predicted molar refractivity (Wildman–Crippen MR) is 69.2 cm³/mol. The molecule has 1 aromatic carbocycles. The molecule has 2 aromatic rings. The molecule has 0 atom stereocenters. The molecule has 0 aliphatic heterocycles. The molecule has 0 spiro atoms. The number of rotatable bonds is 1. The Morgan fingerprint density at radius 2 is 2.00 bits per heavy atom. The van der Waals surface area contributed by atoms with Crippen LogP contribution >= 0.6 is 35.8 Å². The highest BCUT2D eigenvalue weighted by atomic mass is 35.5. The minimum atomic E-state index is 0.587. The second kappa shape index (κ2) is 4.20. The number of fused-ring (bicyclic) bond motifs is 1. The maximum absolute atomic E-state index is 6.09.